The van der Waals surface area contributed by atoms with Crippen LogP contribution in [0, 0.1) is 0 Å². The van der Waals surface area contributed by atoms with Gasteiger partial charge in [-0.3, -0.25) is 0 Å². The van der Waals surface area contributed by atoms with E-state index in [0.29, 0.717) is 0 Å². The molecule has 0 fully saturated rings. The summed E-state index contributed by atoms with van der Waals surface area (Å²) in [6.07, 6.45) is 0. The number of hydrogen-bond donors (Lipinski definition) is 0. The molecule has 0 saturated carbocycles. The number of hydrogen-bond acceptors (Lipinski definition) is 1. The van der Waals surface area contributed by atoms with E-state index in [9.17, 15) is 0 Å². The molecular weight excluding hydrogens is 642 g/mol. The quantitative estimate of drug-likeness (QED) is 0.159. The molecular formula is C47H36OP2. The molecule has 0 saturated heterocycles. The summed E-state index contributed by atoms with van der Waals surface area (Å²) in [4.78, 5) is 0. The van der Waals surface area contributed by atoms with Crippen molar-refractivity contribution in [2.75, 3.05) is 0 Å². The van der Waals surface area contributed by atoms with Crippen molar-refractivity contribution in [1.29, 1.82) is 0 Å². The van der Waals surface area contributed by atoms with Gasteiger partial charge in [-0.1, -0.05) is 196 Å². The minimum Gasteiger partial charge on any atom is -0.455 e. The monoisotopic (exact) mass is 678 g/mol. The highest BCUT2D eigenvalue weighted by Crippen LogP contribution is 2.52. The van der Waals surface area contributed by atoms with Crippen molar-refractivity contribution in [2.24, 2.45) is 0 Å². The van der Waals surface area contributed by atoms with Crippen molar-refractivity contribution >= 4 is 69.2 Å². The second kappa shape index (κ2) is 12.7. The van der Waals surface area contributed by atoms with Gasteiger partial charge in [-0.05, 0) is 58.6 Å². The molecule has 0 spiro atoms. The third-order valence-electron chi connectivity index (χ3n) is 10.1. The van der Waals surface area contributed by atoms with Gasteiger partial charge in [0.2, 0.25) is 0 Å². The smallest absolute Gasteiger partial charge is 0.139 e. The first-order valence-corrected chi connectivity index (χ1v) is 19.9. The van der Waals surface area contributed by atoms with Crippen molar-refractivity contribution < 1.29 is 4.74 Å². The van der Waals surface area contributed by atoms with Crippen LogP contribution in [0.15, 0.2) is 182 Å². The molecule has 9 rings (SSSR count). The van der Waals surface area contributed by atoms with Gasteiger partial charge >= 0.3 is 0 Å². The zero-order chi connectivity index (χ0) is 33.7. The van der Waals surface area contributed by atoms with Gasteiger partial charge in [-0.2, -0.15) is 0 Å². The lowest BCUT2D eigenvalue weighted by molar-refractivity contribution is 0.425. The van der Waals surface area contributed by atoms with Crippen molar-refractivity contribution in [3.8, 4) is 11.5 Å². The summed E-state index contributed by atoms with van der Waals surface area (Å²) in [5.41, 5.74) is 2.19. The Bertz CT molecular complexity index is 2320. The van der Waals surface area contributed by atoms with Crippen molar-refractivity contribution in [2.45, 2.75) is 19.3 Å². The third kappa shape index (κ3) is 5.16. The average molecular weight is 679 g/mol. The lowest BCUT2D eigenvalue weighted by Crippen LogP contribution is -2.33. The average Bonchev–Trinajstić information content (AvgIpc) is 3.17. The van der Waals surface area contributed by atoms with E-state index in [2.05, 4.69) is 196 Å². The van der Waals surface area contributed by atoms with Gasteiger partial charge in [0.05, 0.1) is 0 Å². The van der Waals surface area contributed by atoms with E-state index in [0.717, 1.165) is 11.5 Å². The molecule has 0 aliphatic carbocycles. The number of fused-ring (bicyclic) bond motifs is 4. The standard InChI is InChI=1S/C47H36OP2/c1-47(2)39-27-15-31-43(49(35-21-5-3-6-22-35)41-29-13-19-33-17-9-11-25-37(33)41)45(39)48-46-40(47)28-16-32-44(46)50(36-23-7-4-8-24-36)42-30-14-20-34-18-10-12-26-38(34)42/h3-32H,1-2H3/t49-,50-/m0/s1. The molecule has 3 heteroatoms. The summed E-state index contributed by atoms with van der Waals surface area (Å²) >= 11 is 0. The summed E-state index contributed by atoms with van der Waals surface area (Å²) in [5, 5.41) is 12.9. The fourth-order valence-electron chi connectivity index (χ4n) is 7.62. The van der Waals surface area contributed by atoms with E-state index in [-0.39, 0.29) is 5.41 Å². The molecule has 2 atom stereocenters. The maximum atomic E-state index is 7.48. The second-order valence-corrected chi connectivity index (χ2v) is 17.7. The normalized spacial score (nSPS) is 14.4. The van der Waals surface area contributed by atoms with E-state index in [1.54, 1.807) is 0 Å². The van der Waals surface area contributed by atoms with Crippen molar-refractivity contribution in [1.82, 2.24) is 0 Å². The van der Waals surface area contributed by atoms with Gasteiger partial charge in [0, 0.05) is 27.2 Å². The van der Waals surface area contributed by atoms with E-state index in [1.807, 2.05) is 0 Å². The molecule has 240 valence electrons. The van der Waals surface area contributed by atoms with Crippen LogP contribution < -0.4 is 36.6 Å². The first kappa shape index (κ1) is 31.0. The number of benzene rings is 8. The fourth-order valence-corrected chi connectivity index (χ4v) is 12.8. The molecule has 0 unspecified atom stereocenters. The topological polar surface area (TPSA) is 9.23 Å². The van der Waals surface area contributed by atoms with Crippen LogP contribution in [-0.4, -0.2) is 0 Å². The number of para-hydroxylation sites is 2. The maximum Gasteiger partial charge on any atom is 0.139 e. The molecule has 8 aromatic carbocycles. The first-order chi connectivity index (χ1) is 24.6. The molecule has 1 nitrogen and oxygen atoms in total. The Labute approximate surface area is 296 Å². The minimum absolute atomic E-state index is 0.276. The van der Waals surface area contributed by atoms with Gasteiger partial charge in [0.15, 0.2) is 0 Å². The second-order valence-electron chi connectivity index (χ2n) is 13.4. The van der Waals surface area contributed by atoms with Crippen LogP contribution >= 0.6 is 15.8 Å². The Balaban J connectivity index is 1.29. The minimum atomic E-state index is -0.947. The highest BCUT2D eigenvalue weighted by atomic mass is 31.1. The molecule has 1 heterocycles. The van der Waals surface area contributed by atoms with Gasteiger partial charge in [0.1, 0.15) is 11.5 Å². The van der Waals surface area contributed by atoms with Crippen LogP contribution in [-0.2, 0) is 5.41 Å². The summed E-state index contributed by atoms with van der Waals surface area (Å²) in [5.74, 6) is 2.00. The molecule has 0 N–H and O–H groups in total. The Kier molecular flexibility index (Phi) is 7.85. The predicted molar refractivity (Wildman–Crippen MR) is 218 cm³/mol. The van der Waals surface area contributed by atoms with Gasteiger partial charge in [0.25, 0.3) is 0 Å². The van der Waals surface area contributed by atoms with Crippen LogP contribution in [0.2, 0.25) is 0 Å². The van der Waals surface area contributed by atoms with Crippen LogP contribution in [0.3, 0.4) is 0 Å². The highest BCUT2D eigenvalue weighted by Gasteiger charge is 2.39. The molecule has 0 radical (unpaired) electrons. The summed E-state index contributed by atoms with van der Waals surface area (Å²) in [6, 6.07) is 66.8. The SMILES string of the molecule is CC1(C)c2cccc([P@@](c3ccccc3)c3cccc4ccccc34)c2Oc2c([P@@](c3ccccc3)c3cccc4ccccc34)cccc21. The lowest BCUT2D eigenvalue weighted by Gasteiger charge is -2.38. The molecule has 1 aliphatic rings. The number of rotatable bonds is 6. The predicted octanol–water partition coefficient (Wildman–Crippen LogP) is 9.94. The largest absolute Gasteiger partial charge is 0.455 e. The van der Waals surface area contributed by atoms with Crippen LogP contribution in [0.4, 0.5) is 0 Å². The maximum absolute atomic E-state index is 7.48. The van der Waals surface area contributed by atoms with Gasteiger partial charge in [-0.25, -0.2) is 0 Å². The number of ether oxygens (including phenoxy) is 1. The zero-order valence-electron chi connectivity index (χ0n) is 28.1. The third-order valence-corrected chi connectivity index (χ3v) is 15.1. The summed E-state index contributed by atoms with van der Waals surface area (Å²) in [6.45, 7) is 4.73. The molecule has 0 amide bonds. The Morgan fingerprint density at radius 2 is 0.720 bits per heavy atom. The van der Waals surface area contributed by atoms with Crippen molar-refractivity contribution in [3.05, 3.63) is 193 Å². The van der Waals surface area contributed by atoms with Gasteiger partial charge < -0.3 is 4.74 Å². The van der Waals surface area contributed by atoms with Gasteiger partial charge in [-0.15, -0.1) is 0 Å². The zero-order valence-corrected chi connectivity index (χ0v) is 29.9. The highest BCUT2D eigenvalue weighted by molar-refractivity contribution is 7.81. The molecule has 0 bridgehead atoms. The van der Waals surface area contributed by atoms with Crippen LogP contribution in [0.5, 0.6) is 11.5 Å². The molecule has 0 aromatic heterocycles. The summed E-state index contributed by atoms with van der Waals surface area (Å²) in [7, 11) is -1.89. The van der Waals surface area contributed by atoms with Crippen LogP contribution in [0.1, 0.15) is 25.0 Å². The molecule has 50 heavy (non-hydrogen) atoms. The summed E-state index contributed by atoms with van der Waals surface area (Å²) < 4.78 is 7.48. The lowest BCUT2D eigenvalue weighted by atomic mass is 9.76. The fraction of sp³-hybridized carbons (Fsp3) is 0.0638. The molecule has 1 aliphatic heterocycles. The van der Waals surface area contributed by atoms with E-state index >= 15 is 0 Å². The van der Waals surface area contributed by atoms with Crippen LogP contribution in [0.25, 0.3) is 21.5 Å². The van der Waals surface area contributed by atoms with E-state index < -0.39 is 15.8 Å². The Morgan fingerprint density at radius 3 is 1.18 bits per heavy atom. The Morgan fingerprint density at radius 1 is 0.360 bits per heavy atom. The van der Waals surface area contributed by atoms with Crippen molar-refractivity contribution in [3.63, 3.8) is 0 Å². The van der Waals surface area contributed by atoms with E-state index in [1.165, 1.54) is 64.5 Å². The molecule has 8 aromatic rings. The Hall–Kier alpha value is -5.06. The first-order valence-electron chi connectivity index (χ1n) is 17.2. The van der Waals surface area contributed by atoms with E-state index in [4.69, 9.17) is 4.74 Å².